The van der Waals surface area contributed by atoms with E-state index in [0.717, 1.165) is 23.1 Å². The third-order valence-corrected chi connectivity index (χ3v) is 2.98. The lowest BCUT2D eigenvalue weighted by molar-refractivity contribution is -0.384. The van der Waals surface area contributed by atoms with Gasteiger partial charge in [-0.05, 0) is 29.5 Å². The predicted molar refractivity (Wildman–Crippen MR) is 73.1 cm³/mol. The fourth-order valence-corrected chi connectivity index (χ4v) is 1.92. The molecule has 2 aromatic carbocycles. The van der Waals surface area contributed by atoms with Crippen LogP contribution in [0.5, 0.6) is 0 Å². The maximum atomic E-state index is 10.6. The molecule has 0 bridgehead atoms. The molecule has 0 aromatic heterocycles. The molecular formula is C15H15NO3. The van der Waals surface area contributed by atoms with Crippen LogP contribution in [0, 0.1) is 10.1 Å². The van der Waals surface area contributed by atoms with E-state index in [1.165, 1.54) is 12.1 Å². The van der Waals surface area contributed by atoms with Crippen molar-refractivity contribution >= 4 is 5.69 Å². The normalized spacial score (nSPS) is 10.4. The third-order valence-electron chi connectivity index (χ3n) is 2.98. The van der Waals surface area contributed by atoms with Crippen molar-refractivity contribution in [1.82, 2.24) is 0 Å². The monoisotopic (exact) mass is 257 g/mol. The van der Waals surface area contributed by atoms with Crippen molar-refractivity contribution in [3.8, 4) is 0 Å². The zero-order valence-corrected chi connectivity index (χ0v) is 10.5. The summed E-state index contributed by atoms with van der Waals surface area (Å²) in [6.07, 6.45) is 1.41. The maximum Gasteiger partial charge on any atom is 0.269 e. The molecule has 0 aliphatic rings. The molecule has 0 amide bonds. The van der Waals surface area contributed by atoms with Crippen molar-refractivity contribution in [2.24, 2.45) is 0 Å². The van der Waals surface area contributed by atoms with Gasteiger partial charge in [-0.2, -0.15) is 0 Å². The van der Waals surface area contributed by atoms with E-state index in [9.17, 15) is 10.1 Å². The van der Waals surface area contributed by atoms with E-state index in [-0.39, 0.29) is 12.3 Å². The van der Waals surface area contributed by atoms with E-state index in [4.69, 9.17) is 5.11 Å². The SMILES string of the molecule is O=[N+]([O-])c1ccc(Cc2ccc(CCO)cc2)cc1. The summed E-state index contributed by atoms with van der Waals surface area (Å²) in [4.78, 5) is 10.2. The first-order valence-corrected chi connectivity index (χ1v) is 6.11. The number of aliphatic hydroxyl groups excluding tert-OH is 1. The molecule has 19 heavy (non-hydrogen) atoms. The summed E-state index contributed by atoms with van der Waals surface area (Å²) in [5.74, 6) is 0. The molecule has 98 valence electrons. The summed E-state index contributed by atoms with van der Waals surface area (Å²) >= 11 is 0. The van der Waals surface area contributed by atoms with E-state index in [0.29, 0.717) is 6.42 Å². The van der Waals surface area contributed by atoms with Gasteiger partial charge in [-0.3, -0.25) is 10.1 Å². The van der Waals surface area contributed by atoms with Gasteiger partial charge in [-0.15, -0.1) is 0 Å². The number of nitro benzene ring substituents is 1. The molecule has 4 heteroatoms. The highest BCUT2D eigenvalue weighted by Crippen LogP contribution is 2.15. The molecular weight excluding hydrogens is 242 g/mol. The van der Waals surface area contributed by atoms with Gasteiger partial charge in [0.05, 0.1) is 4.92 Å². The molecule has 2 aromatic rings. The zero-order chi connectivity index (χ0) is 13.7. The van der Waals surface area contributed by atoms with E-state index in [2.05, 4.69) is 0 Å². The number of benzene rings is 2. The van der Waals surface area contributed by atoms with Gasteiger partial charge in [-0.25, -0.2) is 0 Å². The highest BCUT2D eigenvalue weighted by molar-refractivity contribution is 5.35. The molecule has 0 aliphatic heterocycles. The van der Waals surface area contributed by atoms with E-state index >= 15 is 0 Å². The highest BCUT2D eigenvalue weighted by atomic mass is 16.6. The van der Waals surface area contributed by atoms with Gasteiger partial charge in [0.2, 0.25) is 0 Å². The number of nitrogens with zero attached hydrogens (tertiary/aromatic N) is 1. The summed E-state index contributed by atoms with van der Waals surface area (Å²) in [6.45, 7) is 0.154. The topological polar surface area (TPSA) is 63.4 Å². The Bertz CT molecular complexity index is 547. The second-order valence-corrected chi connectivity index (χ2v) is 4.39. The van der Waals surface area contributed by atoms with Gasteiger partial charge >= 0.3 is 0 Å². The Balaban J connectivity index is 2.06. The van der Waals surface area contributed by atoms with Crippen LogP contribution in [0.25, 0.3) is 0 Å². The lowest BCUT2D eigenvalue weighted by Crippen LogP contribution is -1.93. The lowest BCUT2D eigenvalue weighted by Gasteiger charge is -2.04. The molecule has 0 spiro atoms. The first-order valence-electron chi connectivity index (χ1n) is 6.11. The van der Waals surface area contributed by atoms with Crippen molar-refractivity contribution < 1.29 is 10.0 Å². The van der Waals surface area contributed by atoms with Crippen molar-refractivity contribution in [3.05, 3.63) is 75.3 Å². The molecule has 0 heterocycles. The van der Waals surface area contributed by atoms with Crippen LogP contribution in [0.15, 0.2) is 48.5 Å². The molecule has 4 nitrogen and oxygen atoms in total. The number of non-ortho nitro benzene ring substituents is 1. The largest absolute Gasteiger partial charge is 0.396 e. The predicted octanol–water partition coefficient (Wildman–Crippen LogP) is 2.72. The number of nitro groups is 1. The second kappa shape index (κ2) is 6.11. The second-order valence-electron chi connectivity index (χ2n) is 4.39. The summed E-state index contributed by atoms with van der Waals surface area (Å²) in [7, 11) is 0. The van der Waals surface area contributed by atoms with Crippen LogP contribution in [0.4, 0.5) is 5.69 Å². The molecule has 0 fully saturated rings. The minimum absolute atomic E-state index is 0.113. The third kappa shape index (κ3) is 3.63. The van der Waals surface area contributed by atoms with E-state index in [1.807, 2.05) is 24.3 Å². The summed E-state index contributed by atoms with van der Waals surface area (Å²) in [5, 5.41) is 19.4. The first kappa shape index (κ1) is 13.2. The van der Waals surface area contributed by atoms with Gasteiger partial charge < -0.3 is 5.11 Å². The van der Waals surface area contributed by atoms with E-state index in [1.54, 1.807) is 12.1 Å². The van der Waals surface area contributed by atoms with Crippen LogP contribution in [0.2, 0.25) is 0 Å². The van der Waals surface area contributed by atoms with Crippen LogP contribution in [-0.2, 0) is 12.8 Å². The number of hydrogen-bond donors (Lipinski definition) is 1. The fourth-order valence-electron chi connectivity index (χ4n) is 1.92. The first-order chi connectivity index (χ1) is 9.19. The van der Waals surface area contributed by atoms with Crippen LogP contribution in [0.3, 0.4) is 0 Å². The van der Waals surface area contributed by atoms with Crippen molar-refractivity contribution in [1.29, 1.82) is 0 Å². The van der Waals surface area contributed by atoms with Crippen molar-refractivity contribution in [2.75, 3.05) is 6.61 Å². The minimum atomic E-state index is -0.395. The summed E-state index contributed by atoms with van der Waals surface area (Å²) < 4.78 is 0. The Morgan fingerprint density at radius 2 is 1.37 bits per heavy atom. The van der Waals surface area contributed by atoms with Gasteiger partial charge in [-0.1, -0.05) is 36.4 Å². The minimum Gasteiger partial charge on any atom is -0.396 e. The van der Waals surface area contributed by atoms with Crippen LogP contribution >= 0.6 is 0 Å². The number of rotatable bonds is 5. The molecule has 0 unspecified atom stereocenters. The lowest BCUT2D eigenvalue weighted by atomic mass is 10.0. The van der Waals surface area contributed by atoms with Gasteiger partial charge in [0.25, 0.3) is 5.69 Å². The molecule has 2 rings (SSSR count). The van der Waals surface area contributed by atoms with Crippen LogP contribution < -0.4 is 0 Å². The Kier molecular flexibility index (Phi) is 4.26. The number of aliphatic hydroxyl groups is 1. The quantitative estimate of drug-likeness (QED) is 0.661. The standard InChI is InChI=1S/C15H15NO3/c17-10-9-12-1-3-13(4-2-12)11-14-5-7-15(8-6-14)16(18)19/h1-8,17H,9-11H2. The van der Waals surface area contributed by atoms with E-state index < -0.39 is 4.92 Å². The smallest absolute Gasteiger partial charge is 0.269 e. The molecule has 0 saturated heterocycles. The average molecular weight is 257 g/mol. The Morgan fingerprint density at radius 3 is 1.84 bits per heavy atom. The molecule has 0 atom stereocenters. The van der Waals surface area contributed by atoms with Gasteiger partial charge in [0, 0.05) is 18.7 Å². The van der Waals surface area contributed by atoms with Crippen molar-refractivity contribution in [3.63, 3.8) is 0 Å². The molecule has 0 radical (unpaired) electrons. The summed E-state index contributed by atoms with van der Waals surface area (Å²) in [6, 6.07) is 14.6. The van der Waals surface area contributed by atoms with Crippen LogP contribution in [0.1, 0.15) is 16.7 Å². The Morgan fingerprint density at radius 1 is 0.895 bits per heavy atom. The fraction of sp³-hybridized carbons (Fsp3) is 0.200. The van der Waals surface area contributed by atoms with Gasteiger partial charge in [0.15, 0.2) is 0 Å². The molecule has 0 aliphatic carbocycles. The summed E-state index contributed by atoms with van der Waals surface area (Å²) in [5.41, 5.74) is 3.41. The zero-order valence-electron chi connectivity index (χ0n) is 10.5. The van der Waals surface area contributed by atoms with Gasteiger partial charge in [0.1, 0.15) is 0 Å². The Labute approximate surface area is 111 Å². The Hall–Kier alpha value is -2.20. The maximum absolute atomic E-state index is 10.6. The van der Waals surface area contributed by atoms with Crippen LogP contribution in [-0.4, -0.2) is 16.6 Å². The van der Waals surface area contributed by atoms with Crippen molar-refractivity contribution in [2.45, 2.75) is 12.8 Å². The number of hydrogen-bond acceptors (Lipinski definition) is 3. The highest BCUT2D eigenvalue weighted by Gasteiger charge is 2.04. The average Bonchev–Trinajstić information content (AvgIpc) is 2.42. The molecule has 0 saturated carbocycles. The molecule has 1 N–H and O–H groups in total.